The fraction of sp³-hybridized carbons (Fsp3) is 0.417. The first kappa shape index (κ1) is 12.8. The summed E-state index contributed by atoms with van der Waals surface area (Å²) in [4.78, 5) is 11.1. The zero-order chi connectivity index (χ0) is 12.5. The third-order valence-corrected chi connectivity index (χ3v) is 5.94. The second kappa shape index (κ2) is 4.29. The van der Waals surface area contributed by atoms with Crippen molar-refractivity contribution in [2.75, 3.05) is 0 Å². The molecule has 1 aromatic carbocycles. The van der Waals surface area contributed by atoms with Crippen molar-refractivity contribution in [1.29, 1.82) is 0 Å². The monoisotopic (exact) mass is 238 g/mol. The average Bonchev–Trinajstić information content (AvgIpc) is 2.14. The minimum atomic E-state index is -1.48. The summed E-state index contributed by atoms with van der Waals surface area (Å²) in [5.41, 5.74) is 1.24. The number of rotatable bonds is 3. The fourth-order valence-corrected chi connectivity index (χ4v) is 2.74. The van der Waals surface area contributed by atoms with Crippen LogP contribution in [0, 0.1) is 0 Å². The van der Waals surface area contributed by atoms with Crippen LogP contribution >= 0.6 is 0 Å². The molecule has 0 spiro atoms. The molecule has 4 heteroatoms. The maximum atomic E-state index is 11.1. The molecule has 0 aliphatic heterocycles. The van der Waals surface area contributed by atoms with Gasteiger partial charge in [0.05, 0.1) is 13.6 Å². The number of phenols is 1. The van der Waals surface area contributed by atoms with Gasteiger partial charge >= 0.3 is 5.97 Å². The summed E-state index contributed by atoms with van der Waals surface area (Å²) in [5.74, 6) is -0.801. The van der Waals surface area contributed by atoms with Crippen molar-refractivity contribution in [1.82, 2.24) is 0 Å². The molecule has 0 aliphatic carbocycles. The van der Waals surface area contributed by atoms with E-state index < -0.39 is 14.0 Å². The van der Waals surface area contributed by atoms with Crippen LogP contribution in [0.5, 0.6) is 5.75 Å². The number of carbonyl (C=O) groups is 1. The maximum Gasteiger partial charge on any atom is 0.335 e. The Hall–Kier alpha value is -1.29. The molecule has 1 atom stereocenters. The van der Waals surface area contributed by atoms with Gasteiger partial charge in [-0.2, -0.15) is 0 Å². The van der Waals surface area contributed by atoms with Crippen LogP contribution in [-0.2, 0) is 0 Å². The van der Waals surface area contributed by atoms with Gasteiger partial charge in [0.2, 0.25) is 0 Å². The number of carboxylic acids is 1. The van der Waals surface area contributed by atoms with Crippen LogP contribution in [-0.4, -0.2) is 24.3 Å². The van der Waals surface area contributed by atoms with E-state index in [1.807, 2.05) is 6.92 Å². The van der Waals surface area contributed by atoms with Crippen molar-refractivity contribution >= 4 is 14.0 Å². The highest BCUT2D eigenvalue weighted by Crippen LogP contribution is 2.31. The average molecular weight is 238 g/mol. The molecular formula is C12H18O3Si. The molecule has 0 saturated heterocycles. The van der Waals surface area contributed by atoms with E-state index in [4.69, 9.17) is 5.11 Å². The molecule has 88 valence electrons. The van der Waals surface area contributed by atoms with Crippen molar-refractivity contribution in [3.8, 4) is 5.75 Å². The van der Waals surface area contributed by atoms with Crippen LogP contribution in [0.2, 0.25) is 19.6 Å². The van der Waals surface area contributed by atoms with Gasteiger partial charge in [0, 0.05) is 0 Å². The summed E-state index contributed by atoms with van der Waals surface area (Å²) in [6.45, 7) is 8.60. The molecule has 0 radical (unpaired) electrons. The van der Waals surface area contributed by atoms with Gasteiger partial charge < -0.3 is 10.2 Å². The van der Waals surface area contributed by atoms with E-state index in [1.54, 1.807) is 6.07 Å². The van der Waals surface area contributed by atoms with E-state index in [9.17, 15) is 9.90 Å². The Bertz CT molecular complexity index is 407. The second-order valence-electron chi connectivity index (χ2n) is 5.16. The normalized spacial score (nSPS) is 13.5. The van der Waals surface area contributed by atoms with Gasteiger partial charge in [0.25, 0.3) is 0 Å². The van der Waals surface area contributed by atoms with E-state index in [-0.39, 0.29) is 11.3 Å². The minimum Gasteiger partial charge on any atom is -0.508 e. The van der Waals surface area contributed by atoms with Crippen molar-refractivity contribution in [2.45, 2.75) is 32.1 Å². The molecule has 0 amide bonds. The Morgan fingerprint density at radius 3 is 2.31 bits per heavy atom. The number of aromatic carboxylic acids is 1. The Morgan fingerprint density at radius 2 is 1.88 bits per heavy atom. The second-order valence-corrected chi connectivity index (χ2v) is 10.8. The van der Waals surface area contributed by atoms with Crippen LogP contribution in [0.25, 0.3) is 0 Å². The first-order valence-electron chi connectivity index (χ1n) is 5.29. The van der Waals surface area contributed by atoms with Gasteiger partial charge in [-0.1, -0.05) is 26.6 Å². The maximum absolute atomic E-state index is 11.1. The van der Waals surface area contributed by atoms with E-state index in [0.717, 1.165) is 5.56 Å². The Labute approximate surface area is 96.8 Å². The lowest BCUT2D eigenvalue weighted by atomic mass is 10.0. The Morgan fingerprint density at radius 1 is 1.31 bits per heavy atom. The molecule has 2 N–H and O–H groups in total. The van der Waals surface area contributed by atoms with Gasteiger partial charge in [-0.25, -0.2) is 4.79 Å². The number of phenolic OH excluding ortho intramolecular Hbond substituents is 1. The highest BCUT2D eigenvalue weighted by Gasteiger charge is 2.27. The van der Waals surface area contributed by atoms with Crippen LogP contribution in [0.3, 0.4) is 0 Å². The minimum absolute atomic E-state index is 0.130. The molecule has 0 fully saturated rings. The fourth-order valence-electron chi connectivity index (χ4n) is 1.57. The number of aromatic hydroxyl groups is 1. The Balaban J connectivity index is 3.30. The molecule has 0 heterocycles. The summed E-state index contributed by atoms with van der Waals surface area (Å²) < 4.78 is 0. The summed E-state index contributed by atoms with van der Waals surface area (Å²) >= 11 is 0. The number of hydrogen-bond acceptors (Lipinski definition) is 2. The van der Waals surface area contributed by atoms with E-state index in [2.05, 4.69) is 19.6 Å². The molecule has 0 saturated carbocycles. The highest BCUT2D eigenvalue weighted by molar-refractivity contribution is 6.77. The van der Waals surface area contributed by atoms with Crippen molar-refractivity contribution in [3.05, 3.63) is 29.3 Å². The quantitative estimate of drug-likeness (QED) is 0.796. The Kier molecular flexibility index (Phi) is 3.43. The molecule has 16 heavy (non-hydrogen) atoms. The van der Waals surface area contributed by atoms with Gasteiger partial charge in [-0.05, 0) is 29.3 Å². The van der Waals surface area contributed by atoms with Crippen molar-refractivity contribution in [3.63, 3.8) is 0 Å². The van der Waals surface area contributed by atoms with Gasteiger partial charge in [-0.3, -0.25) is 0 Å². The zero-order valence-corrected chi connectivity index (χ0v) is 11.1. The largest absolute Gasteiger partial charge is 0.508 e. The summed E-state index contributed by atoms with van der Waals surface area (Å²) in [6.07, 6.45) is 0. The van der Waals surface area contributed by atoms with E-state index in [0.29, 0.717) is 5.56 Å². The summed E-state index contributed by atoms with van der Waals surface area (Å²) in [5, 5.41) is 18.6. The molecule has 0 bridgehead atoms. The highest BCUT2D eigenvalue weighted by atomic mass is 28.3. The smallest absolute Gasteiger partial charge is 0.335 e. The van der Waals surface area contributed by atoms with Gasteiger partial charge in [0.1, 0.15) is 5.75 Å². The van der Waals surface area contributed by atoms with Crippen LogP contribution in [0.15, 0.2) is 18.2 Å². The number of benzene rings is 1. The lowest BCUT2D eigenvalue weighted by Crippen LogP contribution is -2.30. The zero-order valence-electron chi connectivity index (χ0n) is 10.1. The van der Waals surface area contributed by atoms with Crippen LogP contribution in [0.1, 0.15) is 28.4 Å². The summed E-state index contributed by atoms with van der Waals surface area (Å²) in [7, 11) is -1.48. The predicted octanol–water partition coefficient (Wildman–Crippen LogP) is 3.07. The lowest BCUT2D eigenvalue weighted by molar-refractivity contribution is 0.0695. The molecule has 0 aromatic heterocycles. The van der Waals surface area contributed by atoms with Gasteiger partial charge in [0.15, 0.2) is 0 Å². The predicted molar refractivity (Wildman–Crippen MR) is 66.8 cm³/mol. The molecule has 1 unspecified atom stereocenters. The molecule has 1 rings (SSSR count). The lowest BCUT2D eigenvalue weighted by Gasteiger charge is -2.26. The number of hydrogen-bond donors (Lipinski definition) is 2. The first-order chi connectivity index (χ1) is 7.23. The third-order valence-electron chi connectivity index (χ3n) is 3.03. The van der Waals surface area contributed by atoms with Crippen molar-refractivity contribution < 1.29 is 15.0 Å². The van der Waals surface area contributed by atoms with Crippen LogP contribution < -0.4 is 0 Å². The van der Waals surface area contributed by atoms with E-state index in [1.165, 1.54) is 12.1 Å². The van der Waals surface area contributed by atoms with Crippen molar-refractivity contribution in [2.24, 2.45) is 0 Å². The SMILES string of the molecule is CC(c1cc(O)ccc1C(=O)O)[Si](C)(C)C. The molecular weight excluding hydrogens is 220 g/mol. The number of carboxylic acid groups (broad SMARTS) is 1. The first-order valence-corrected chi connectivity index (χ1v) is 8.87. The van der Waals surface area contributed by atoms with E-state index >= 15 is 0 Å². The van der Waals surface area contributed by atoms with Crippen LogP contribution in [0.4, 0.5) is 0 Å². The molecule has 1 aromatic rings. The molecule has 3 nitrogen and oxygen atoms in total. The third kappa shape index (κ3) is 2.64. The molecule has 0 aliphatic rings. The van der Waals surface area contributed by atoms with Gasteiger partial charge in [-0.15, -0.1) is 0 Å². The standard InChI is InChI=1S/C12H18O3Si/c1-8(16(2,3)4)11-7-9(13)5-6-10(11)12(14)15/h5-8,13H,1-4H3,(H,14,15). The topological polar surface area (TPSA) is 57.5 Å². The summed E-state index contributed by atoms with van der Waals surface area (Å²) in [6, 6.07) is 4.47.